The highest BCUT2D eigenvalue weighted by Gasteiger charge is 2.08. The highest BCUT2D eigenvalue weighted by atomic mass is 32.1. The zero-order chi connectivity index (χ0) is 20.9. The van der Waals surface area contributed by atoms with E-state index in [9.17, 15) is 0 Å². The molecule has 150 valence electrons. The van der Waals surface area contributed by atoms with Crippen molar-refractivity contribution in [3.05, 3.63) is 94.4 Å². The van der Waals surface area contributed by atoms with E-state index in [4.69, 9.17) is 10.1 Å². The van der Waals surface area contributed by atoms with Crippen LogP contribution in [0.2, 0.25) is 0 Å². The lowest BCUT2D eigenvalue weighted by molar-refractivity contribution is 0.854. The van der Waals surface area contributed by atoms with Gasteiger partial charge in [0.15, 0.2) is 0 Å². The van der Waals surface area contributed by atoms with Crippen LogP contribution >= 0.6 is 11.3 Å². The summed E-state index contributed by atoms with van der Waals surface area (Å²) in [4.78, 5) is 11.8. The van der Waals surface area contributed by atoms with E-state index in [0.717, 1.165) is 33.0 Å². The molecule has 6 heteroatoms. The molecule has 4 aromatic rings. The summed E-state index contributed by atoms with van der Waals surface area (Å²) < 4.78 is 1.89. The molecule has 2 heterocycles. The number of hydrogen-bond acceptors (Lipinski definition) is 5. The standard InChI is InChI=1S/C24H23N5S/c1-18-6-10-20(11-7-18)23-17-30-24(27-21-5-4-14-25-16-21)29(23)26-15-19-8-12-22(13-9-19)28(2)3/h4-17H,1-3H3. The van der Waals surface area contributed by atoms with Gasteiger partial charge in [-0.3, -0.25) is 4.98 Å². The maximum absolute atomic E-state index is 4.78. The van der Waals surface area contributed by atoms with Crippen molar-refractivity contribution in [1.82, 2.24) is 9.66 Å². The minimum absolute atomic E-state index is 0.791. The maximum atomic E-state index is 4.78. The molecule has 5 nitrogen and oxygen atoms in total. The largest absolute Gasteiger partial charge is 0.378 e. The van der Waals surface area contributed by atoms with Crippen molar-refractivity contribution in [2.45, 2.75) is 6.92 Å². The lowest BCUT2D eigenvalue weighted by atomic mass is 10.1. The first-order valence-electron chi connectivity index (χ1n) is 9.64. The third kappa shape index (κ3) is 4.55. The number of pyridine rings is 1. The highest BCUT2D eigenvalue weighted by Crippen LogP contribution is 2.21. The first-order valence-corrected chi connectivity index (χ1v) is 10.5. The van der Waals surface area contributed by atoms with E-state index in [1.807, 2.05) is 37.1 Å². The van der Waals surface area contributed by atoms with Crippen LogP contribution in [0.4, 0.5) is 11.4 Å². The molecule has 30 heavy (non-hydrogen) atoms. The van der Waals surface area contributed by atoms with E-state index in [0.29, 0.717) is 0 Å². The van der Waals surface area contributed by atoms with Crippen LogP contribution in [0, 0.1) is 6.92 Å². The molecule has 0 aliphatic rings. The summed E-state index contributed by atoms with van der Waals surface area (Å²) >= 11 is 1.56. The van der Waals surface area contributed by atoms with E-state index in [1.54, 1.807) is 23.7 Å². The first-order chi connectivity index (χ1) is 14.6. The van der Waals surface area contributed by atoms with Crippen molar-refractivity contribution >= 4 is 28.9 Å². The predicted molar refractivity (Wildman–Crippen MR) is 126 cm³/mol. The van der Waals surface area contributed by atoms with Crippen LogP contribution in [0.3, 0.4) is 0 Å². The minimum Gasteiger partial charge on any atom is -0.378 e. The zero-order valence-electron chi connectivity index (χ0n) is 17.2. The molecule has 0 saturated carbocycles. The van der Waals surface area contributed by atoms with Crippen LogP contribution in [0.5, 0.6) is 0 Å². The third-order valence-corrected chi connectivity index (χ3v) is 5.45. The molecule has 0 fully saturated rings. The maximum Gasteiger partial charge on any atom is 0.211 e. The Labute approximate surface area is 180 Å². The van der Waals surface area contributed by atoms with Crippen LogP contribution in [-0.4, -0.2) is 30.0 Å². The molecule has 0 spiro atoms. The molecule has 0 N–H and O–H groups in total. The van der Waals surface area contributed by atoms with Crippen LogP contribution in [0.1, 0.15) is 11.1 Å². The number of aromatic nitrogens is 2. The van der Waals surface area contributed by atoms with Crippen molar-refractivity contribution in [1.29, 1.82) is 0 Å². The van der Waals surface area contributed by atoms with Crippen LogP contribution in [0.25, 0.3) is 11.3 Å². The number of aryl methyl sites for hydroxylation is 1. The molecule has 0 saturated heterocycles. The smallest absolute Gasteiger partial charge is 0.211 e. The predicted octanol–water partition coefficient (Wildman–Crippen LogP) is 5.10. The Balaban J connectivity index is 1.77. The summed E-state index contributed by atoms with van der Waals surface area (Å²) in [7, 11) is 4.06. The van der Waals surface area contributed by atoms with Crippen LogP contribution in [-0.2, 0) is 0 Å². The molecular formula is C24H23N5S. The second-order valence-electron chi connectivity index (χ2n) is 7.13. The van der Waals surface area contributed by atoms with Gasteiger partial charge in [0, 0.05) is 36.9 Å². The second-order valence-corrected chi connectivity index (χ2v) is 7.97. The second kappa shape index (κ2) is 8.88. The molecule has 0 aliphatic heterocycles. The first kappa shape index (κ1) is 19.8. The van der Waals surface area contributed by atoms with Crippen molar-refractivity contribution in [2.24, 2.45) is 10.1 Å². The topological polar surface area (TPSA) is 45.8 Å². The molecule has 2 aromatic carbocycles. The van der Waals surface area contributed by atoms with Crippen molar-refractivity contribution in [3.8, 4) is 11.3 Å². The number of rotatable bonds is 5. The molecule has 0 atom stereocenters. The lowest BCUT2D eigenvalue weighted by Gasteiger charge is -2.11. The van der Waals surface area contributed by atoms with Gasteiger partial charge in [-0.15, -0.1) is 11.3 Å². The molecule has 0 unspecified atom stereocenters. The van der Waals surface area contributed by atoms with Gasteiger partial charge in [-0.25, -0.2) is 9.67 Å². The van der Waals surface area contributed by atoms with Crippen molar-refractivity contribution in [2.75, 3.05) is 19.0 Å². The Morgan fingerprint density at radius 1 is 1.00 bits per heavy atom. The van der Waals surface area contributed by atoms with E-state index < -0.39 is 0 Å². The molecule has 4 rings (SSSR count). The quantitative estimate of drug-likeness (QED) is 0.427. The molecule has 0 aliphatic carbocycles. The highest BCUT2D eigenvalue weighted by molar-refractivity contribution is 7.07. The van der Waals surface area contributed by atoms with Gasteiger partial charge in [-0.2, -0.15) is 5.10 Å². The fourth-order valence-electron chi connectivity index (χ4n) is 2.92. The van der Waals surface area contributed by atoms with Crippen LogP contribution in [0.15, 0.2) is 88.5 Å². The zero-order valence-corrected chi connectivity index (χ0v) is 18.0. The number of nitrogens with zero attached hydrogens (tertiary/aromatic N) is 5. The normalized spacial score (nSPS) is 11.9. The SMILES string of the molecule is Cc1ccc(-c2csc(=Nc3cccnc3)n2N=Cc2ccc(N(C)C)cc2)cc1. The number of thiazole rings is 1. The van der Waals surface area contributed by atoms with E-state index >= 15 is 0 Å². The summed E-state index contributed by atoms with van der Waals surface area (Å²) in [6, 6.07) is 20.6. The molecule has 0 radical (unpaired) electrons. The van der Waals surface area contributed by atoms with Gasteiger partial charge in [-0.05, 0) is 36.8 Å². The van der Waals surface area contributed by atoms with Gasteiger partial charge in [0.25, 0.3) is 0 Å². The van der Waals surface area contributed by atoms with Gasteiger partial charge < -0.3 is 4.90 Å². The van der Waals surface area contributed by atoms with E-state index in [1.165, 1.54) is 5.56 Å². The van der Waals surface area contributed by atoms with Gasteiger partial charge in [-0.1, -0.05) is 42.0 Å². The Morgan fingerprint density at radius 3 is 2.43 bits per heavy atom. The summed E-state index contributed by atoms with van der Waals surface area (Å²) in [5.41, 5.74) is 6.32. The number of benzene rings is 2. The molecule has 2 aromatic heterocycles. The molecule has 0 amide bonds. The summed E-state index contributed by atoms with van der Waals surface area (Å²) in [5.74, 6) is 0. The van der Waals surface area contributed by atoms with E-state index in [-0.39, 0.29) is 0 Å². The molecule has 0 bridgehead atoms. The number of hydrogen-bond donors (Lipinski definition) is 0. The summed E-state index contributed by atoms with van der Waals surface area (Å²) in [6.07, 6.45) is 5.36. The monoisotopic (exact) mass is 413 g/mol. The minimum atomic E-state index is 0.791. The van der Waals surface area contributed by atoms with Crippen LogP contribution < -0.4 is 9.70 Å². The average Bonchev–Trinajstić information content (AvgIpc) is 3.16. The Morgan fingerprint density at radius 2 is 1.77 bits per heavy atom. The van der Waals surface area contributed by atoms with Gasteiger partial charge in [0.1, 0.15) is 0 Å². The van der Waals surface area contributed by atoms with Gasteiger partial charge >= 0.3 is 0 Å². The van der Waals surface area contributed by atoms with Crippen molar-refractivity contribution < 1.29 is 0 Å². The Bertz CT molecular complexity index is 1200. The fraction of sp³-hybridized carbons (Fsp3) is 0.125. The average molecular weight is 414 g/mol. The van der Waals surface area contributed by atoms with E-state index in [2.05, 4.69) is 70.7 Å². The summed E-state index contributed by atoms with van der Waals surface area (Å²) in [5, 5.41) is 6.87. The lowest BCUT2D eigenvalue weighted by Crippen LogP contribution is -2.11. The fourth-order valence-corrected chi connectivity index (χ4v) is 3.78. The van der Waals surface area contributed by atoms with Gasteiger partial charge in [0.05, 0.1) is 23.8 Å². The number of anilines is 1. The third-order valence-electron chi connectivity index (χ3n) is 4.64. The Hall–Kier alpha value is -3.51. The molecular weight excluding hydrogens is 390 g/mol. The Kier molecular flexibility index (Phi) is 5.86. The summed E-state index contributed by atoms with van der Waals surface area (Å²) in [6.45, 7) is 2.09. The van der Waals surface area contributed by atoms with Crippen molar-refractivity contribution in [3.63, 3.8) is 0 Å². The van der Waals surface area contributed by atoms with Gasteiger partial charge in [0.2, 0.25) is 4.80 Å².